The van der Waals surface area contributed by atoms with Crippen molar-refractivity contribution in [2.45, 2.75) is 6.04 Å². The number of phenolic OH excluding ortho intramolecular Hbond substituents is 1. The summed E-state index contributed by atoms with van der Waals surface area (Å²) in [6.07, 6.45) is 0. The van der Waals surface area contributed by atoms with Crippen molar-refractivity contribution in [3.05, 3.63) is 52.2 Å². The van der Waals surface area contributed by atoms with Crippen molar-refractivity contribution < 1.29 is 9.90 Å². The number of amides is 1. The van der Waals surface area contributed by atoms with Crippen LogP contribution in [0.15, 0.2) is 41.1 Å². The highest BCUT2D eigenvalue weighted by Gasteiger charge is 2.17. The van der Waals surface area contributed by atoms with Crippen LogP contribution in [-0.2, 0) is 0 Å². The van der Waals surface area contributed by atoms with Crippen LogP contribution >= 0.6 is 11.3 Å². The number of carbonyl (C=O) groups excluding carboxylic acids is 1. The average Bonchev–Trinajstić information content (AvgIpc) is 2.92. The molecule has 1 unspecified atom stereocenters. The van der Waals surface area contributed by atoms with Gasteiger partial charge in [-0.1, -0.05) is 12.1 Å². The van der Waals surface area contributed by atoms with Gasteiger partial charge in [-0.15, -0.1) is 0 Å². The summed E-state index contributed by atoms with van der Waals surface area (Å²) in [6, 6.07) is 8.73. The molecule has 2 aromatic rings. The van der Waals surface area contributed by atoms with Crippen LogP contribution in [0.2, 0.25) is 0 Å². The second kappa shape index (κ2) is 6.54. The molecule has 1 atom stereocenters. The number of phenols is 1. The molecule has 0 spiro atoms. The van der Waals surface area contributed by atoms with Gasteiger partial charge in [-0.2, -0.15) is 11.3 Å². The molecule has 1 aromatic heterocycles. The van der Waals surface area contributed by atoms with Crippen LogP contribution in [0.4, 0.5) is 0 Å². The van der Waals surface area contributed by atoms with Crippen LogP contribution in [0, 0.1) is 0 Å². The molecule has 2 rings (SSSR count). The lowest BCUT2D eigenvalue weighted by molar-refractivity contribution is 0.0939. The standard InChI is InChI=1S/C15H18N2O2S/c1-17(2)13(11-7-8-20-10-11)9-16-15(19)12-5-3-4-6-14(12)18/h3-8,10,13,18H,9H2,1-2H3,(H,16,19). The number of hydrogen-bond acceptors (Lipinski definition) is 4. The highest BCUT2D eigenvalue weighted by molar-refractivity contribution is 7.07. The zero-order chi connectivity index (χ0) is 14.5. The Labute approximate surface area is 122 Å². The van der Waals surface area contributed by atoms with Crippen molar-refractivity contribution in [3.8, 4) is 5.75 Å². The number of nitrogens with one attached hydrogen (secondary N) is 1. The molecule has 1 amide bonds. The van der Waals surface area contributed by atoms with E-state index in [0.717, 1.165) is 0 Å². The molecule has 0 saturated heterocycles. The Morgan fingerprint density at radius 3 is 2.70 bits per heavy atom. The second-order valence-corrected chi connectivity index (χ2v) is 5.54. The van der Waals surface area contributed by atoms with E-state index < -0.39 is 0 Å². The third-order valence-corrected chi connectivity index (χ3v) is 3.86. The molecule has 0 radical (unpaired) electrons. The SMILES string of the molecule is CN(C)C(CNC(=O)c1ccccc1O)c1ccsc1. The summed E-state index contributed by atoms with van der Waals surface area (Å²) in [5, 5.41) is 16.6. The highest BCUT2D eigenvalue weighted by atomic mass is 32.1. The first-order valence-electron chi connectivity index (χ1n) is 6.34. The molecule has 106 valence electrons. The fraction of sp³-hybridized carbons (Fsp3) is 0.267. The van der Waals surface area contributed by atoms with Gasteiger partial charge >= 0.3 is 0 Å². The van der Waals surface area contributed by atoms with E-state index in [1.54, 1.807) is 29.5 Å². The fourth-order valence-corrected chi connectivity index (χ4v) is 2.72. The molecule has 0 aliphatic rings. The largest absolute Gasteiger partial charge is 0.507 e. The number of likely N-dealkylation sites (N-methyl/N-ethyl adjacent to an activating group) is 1. The molecular formula is C15H18N2O2S. The zero-order valence-corrected chi connectivity index (χ0v) is 12.4. The van der Waals surface area contributed by atoms with Gasteiger partial charge in [0.05, 0.1) is 11.6 Å². The third-order valence-electron chi connectivity index (χ3n) is 3.16. The number of aromatic hydroxyl groups is 1. The van der Waals surface area contributed by atoms with Crippen LogP contribution in [0.3, 0.4) is 0 Å². The number of nitrogens with zero attached hydrogens (tertiary/aromatic N) is 1. The fourth-order valence-electron chi connectivity index (χ4n) is 2.01. The Bertz CT molecular complexity index is 567. The maximum atomic E-state index is 12.1. The van der Waals surface area contributed by atoms with E-state index in [1.807, 2.05) is 19.5 Å². The number of rotatable bonds is 5. The van der Waals surface area contributed by atoms with Crippen LogP contribution in [0.5, 0.6) is 5.75 Å². The van der Waals surface area contributed by atoms with Crippen molar-refractivity contribution in [3.63, 3.8) is 0 Å². The first kappa shape index (κ1) is 14.6. The van der Waals surface area contributed by atoms with E-state index in [4.69, 9.17) is 0 Å². The van der Waals surface area contributed by atoms with E-state index in [9.17, 15) is 9.90 Å². The Morgan fingerprint density at radius 2 is 2.10 bits per heavy atom. The molecule has 4 nitrogen and oxygen atoms in total. The van der Waals surface area contributed by atoms with Gasteiger partial charge in [0.25, 0.3) is 5.91 Å². The van der Waals surface area contributed by atoms with Gasteiger partial charge in [0.15, 0.2) is 0 Å². The molecule has 5 heteroatoms. The Morgan fingerprint density at radius 1 is 1.35 bits per heavy atom. The summed E-state index contributed by atoms with van der Waals surface area (Å²) in [4.78, 5) is 14.1. The van der Waals surface area contributed by atoms with Crippen LogP contribution in [0.1, 0.15) is 22.0 Å². The first-order chi connectivity index (χ1) is 9.59. The summed E-state index contributed by atoms with van der Waals surface area (Å²) < 4.78 is 0. The van der Waals surface area contributed by atoms with Crippen LogP contribution in [0.25, 0.3) is 0 Å². The number of hydrogen-bond donors (Lipinski definition) is 2. The van der Waals surface area contributed by atoms with Crippen molar-refractivity contribution in [1.29, 1.82) is 0 Å². The van der Waals surface area contributed by atoms with Crippen LogP contribution in [-0.4, -0.2) is 36.6 Å². The van der Waals surface area contributed by atoms with Crippen molar-refractivity contribution >= 4 is 17.2 Å². The lowest BCUT2D eigenvalue weighted by atomic mass is 10.1. The van der Waals surface area contributed by atoms with E-state index in [-0.39, 0.29) is 17.7 Å². The van der Waals surface area contributed by atoms with Gasteiger partial charge < -0.3 is 15.3 Å². The van der Waals surface area contributed by atoms with E-state index in [0.29, 0.717) is 12.1 Å². The predicted octanol–water partition coefficient (Wildman–Crippen LogP) is 2.49. The van der Waals surface area contributed by atoms with Gasteiger partial charge in [0.2, 0.25) is 0 Å². The molecule has 2 N–H and O–H groups in total. The van der Waals surface area contributed by atoms with Gasteiger partial charge in [-0.05, 0) is 48.6 Å². The Kier molecular flexibility index (Phi) is 4.76. The number of thiophene rings is 1. The highest BCUT2D eigenvalue weighted by Crippen LogP contribution is 2.21. The number of para-hydroxylation sites is 1. The first-order valence-corrected chi connectivity index (χ1v) is 7.28. The average molecular weight is 290 g/mol. The lowest BCUT2D eigenvalue weighted by Gasteiger charge is -2.24. The molecule has 1 heterocycles. The van der Waals surface area contributed by atoms with Gasteiger partial charge in [-0.3, -0.25) is 4.79 Å². The second-order valence-electron chi connectivity index (χ2n) is 4.76. The minimum atomic E-state index is -0.259. The molecule has 20 heavy (non-hydrogen) atoms. The van der Waals surface area contributed by atoms with Gasteiger partial charge in [0.1, 0.15) is 5.75 Å². The minimum absolute atomic E-state index is 0.00179. The van der Waals surface area contributed by atoms with Gasteiger partial charge in [-0.25, -0.2) is 0 Å². The molecule has 0 aliphatic heterocycles. The summed E-state index contributed by atoms with van der Waals surface area (Å²) in [5.74, 6) is -0.257. The Hall–Kier alpha value is -1.85. The van der Waals surface area contributed by atoms with E-state index in [1.165, 1.54) is 11.6 Å². The summed E-state index contributed by atoms with van der Waals surface area (Å²) in [5.41, 5.74) is 1.48. The maximum absolute atomic E-state index is 12.1. The molecule has 0 aliphatic carbocycles. The molecule has 1 aromatic carbocycles. The molecule has 0 saturated carbocycles. The molecular weight excluding hydrogens is 272 g/mol. The maximum Gasteiger partial charge on any atom is 0.255 e. The lowest BCUT2D eigenvalue weighted by Crippen LogP contribution is -2.34. The summed E-state index contributed by atoms with van der Waals surface area (Å²) >= 11 is 1.64. The predicted molar refractivity (Wildman–Crippen MR) is 81.2 cm³/mol. The van der Waals surface area contributed by atoms with E-state index >= 15 is 0 Å². The smallest absolute Gasteiger partial charge is 0.255 e. The molecule has 0 fully saturated rings. The minimum Gasteiger partial charge on any atom is -0.507 e. The number of carbonyl (C=O) groups is 1. The third kappa shape index (κ3) is 3.37. The monoisotopic (exact) mass is 290 g/mol. The van der Waals surface area contributed by atoms with Crippen molar-refractivity contribution in [2.75, 3.05) is 20.6 Å². The normalized spacial score (nSPS) is 12.3. The zero-order valence-electron chi connectivity index (χ0n) is 11.5. The quantitative estimate of drug-likeness (QED) is 0.889. The molecule has 0 bridgehead atoms. The van der Waals surface area contributed by atoms with Crippen molar-refractivity contribution in [2.24, 2.45) is 0 Å². The van der Waals surface area contributed by atoms with Crippen LogP contribution < -0.4 is 5.32 Å². The van der Waals surface area contributed by atoms with Crippen molar-refractivity contribution in [1.82, 2.24) is 10.2 Å². The van der Waals surface area contributed by atoms with E-state index in [2.05, 4.69) is 21.7 Å². The Balaban J connectivity index is 2.03. The summed E-state index contributed by atoms with van der Waals surface area (Å²) in [6.45, 7) is 0.497. The summed E-state index contributed by atoms with van der Waals surface area (Å²) in [7, 11) is 3.96. The number of benzene rings is 1. The van der Waals surface area contributed by atoms with Gasteiger partial charge in [0, 0.05) is 6.54 Å². The topological polar surface area (TPSA) is 52.6 Å².